The van der Waals surface area contributed by atoms with E-state index in [1.165, 1.54) is 23.2 Å². The summed E-state index contributed by atoms with van der Waals surface area (Å²) >= 11 is 1.27. The van der Waals surface area contributed by atoms with Crippen molar-refractivity contribution in [3.8, 4) is 5.75 Å². The van der Waals surface area contributed by atoms with Gasteiger partial charge in [-0.05, 0) is 30.2 Å². The molecule has 0 spiro atoms. The van der Waals surface area contributed by atoms with Crippen molar-refractivity contribution in [2.45, 2.75) is 12.8 Å². The molecule has 144 valence electrons. The summed E-state index contributed by atoms with van der Waals surface area (Å²) in [5.74, 6) is 0.917. The number of nitrogens with zero attached hydrogens (tertiary/aromatic N) is 1. The molecule has 8 heteroatoms. The number of thiazole rings is 1. The lowest BCUT2D eigenvalue weighted by Gasteiger charge is -2.25. The van der Waals surface area contributed by atoms with Crippen LogP contribution in [0.4, 0.5) is 5.13 Å². The van der Waals surface area contributed by atoms with E-state index >= 15 is 0 Å². The number of aromatic nitrogens is 1. The Labute approximate surface area is 165 Å². The van der Waals surface area contributed by atoms with Gasteiger partial charge in [-0.1, -0.05) is 18.2 Å². The van der Waals surface area contributed by atoms with Gasteiger partial charge in [0.15, 0.2) is 10.9 Å². The molecule has 3 aromatic rings. The van der Waals surface area contributed by atoms with Crippen LogP contribution in [0.2, 0.25) is 0 Å². The molecule has 2 aromatic heterocycles. The second-order valence-corrected chi connectivity index (χ2v) is 7.40. The topological polar surface area (TPSA) is 93.5 Å². The number of carbonyl (C=O) groups excluding carboxylic acids is 2. The van der Waals surface area contributed by atoms with E-state index in [-0.39, 0.29) is 29.9 Å². The van der Waals surface area contributed by atoms with Gasteiger partial charge in [0.1, 0.15) is 5.75 Å². The fourth-order valence-corrected chi connectivity index (χ4v) is 3.72. The molecule has 7 nitrogen and oxygen atoms in total. The molecule has 1 unspecified atom stereocenters. The normalized spacial score (nSPS) is 15.4. The van der Waals surface area contributed by atoms with E-state index in [4.69, 9.17) is 9.15 Å². The Balaban J connectivity index is 1.24. The van der Waals surface area contributed by atoms with Crippen molar-refractivity contribution in [1.29, 1.82) is 0 Å². The first-order valence-corrected chi connectivity index (χ1v) is 9.82. The van der Waals surface area contributed by atoms with Crippen LogP contribution in [-0.2, 0) is 17.6 Å². The van der Waals surface area contributed by atoms with E-state index in [0.29, 0.717) is 24.0 Å². The van der Waals surface area contributed by atoms with Crippen molar-refractivity contribution in [3.63, 3.8) is 0 Å². The number of ether oxygens (including phenoxy) is 1. The monoisotopic (exact) mass is 397 g/mol. The summed E-state index contributed by atoms with van der Waals surface area (Å²) in [5, 5.41) is 7.80. The molecule has 1 atom stereocenters. The third kappa shape index (κ3) is 4.40. The van der Waals surface area contributed by atoms with Gasteiger partial charge in [-0.15, -0.1) is 11.3 Å². The fourth-order valence-electron chi connectivity index (χ4n) is 3.02. The number of carbonyl (C=O) groups is 2. The zero-order valence-corrected chi connectivity index (χ0v) is 15.8. The summed E-state index contributed by atoms with van der Waals surface area (Å²) < 4.78 is 10.8. The summed E-state index contributed by atoms with van der Waals surface area (Å²) in [6.45, 7) is 1.15. The minimum Gasteiger partial charge on any atom is -0.493 e. The van der Waals surface area contributed by atoms with Crippen LogP contribution in [0.1, 0.15) is 21.8 Å². The zero-order valence-electron chi connectivity index (χ0n) is 15.0. The molecule has 0 saturated carbocycles. The Morgan fingerprint density at radius 2 is 2.11 bits per heavy atom. The molecule has 1 aliphatic heterocycles. The molecular formula is C20H19N3O4S. The third-order valence-corrected chi connectivity index (χ3v) is 5.21. The molecule has 1 aromatic carbocycles. The lowest BCUT2D eigenvalue weighted by Crippen LogP contribution is -2.35. The van der Waals surface area contributed by atoms with Crippen LogP contribution < -0.4 is 15.4 Å². The maximum Gasteiger partial charge on any atom is 0.293 e. The van der Waals surface area contributed by atoms with Crippen LogP contribution >= 0.6 is 11.3 Å². The van der Waals surface area contributed by atoms with E-state index in [0.717, 1.165) is 12.2 Å². The summed E-state index contributed by atoms with van der Waals surface area (Å²) in [6, 6.07) is 11.2. The number of benzene rings is 1. The van der Waals surface area contributed by atoms with Crippen molar-refractivity contribution >= 4 is 28.3 Å². The first kappa shape index (κ1) is 18.2. The Morgan fingerprint density at radius 1 is 1.21 bits per heavy atom. The number of nitrogens with one attached hydrogen (secondary N) is 2. The van der Waals surface area contributed by atoms with Gasteiger partial charge in [0.2, 0.25) is 5.91 Å². The maximum absolute atomic E-state index is 12.2. The summed E-state index contributed by atoms with van der Waals surface area (Å²) in [4.78, 5) is 28.5. The van der Waals surface area contributed by atoms with E-state index in [1.807, 2.05) is 18.2 Å². The number of hydrogen-bond donors (Lipinski definition) is 2. The Hall–Kier alpha value is -3.13. The molecule has 4 rings (SSSR count). The fraction of sp³-hybridized carbons (Fsp3) is 0.250. The highest BCUT2D eigenvalue weighted by Crippen LogP contribution is 2.26. The van der Waals surface area contributed by atoms with E-state index in [9.17, 15) is 9.59 Å². The number of fused-ring (bicyclic) bond motifs is 1. The summed E-state index contributed by atoms with van der Waals surface area (Å²) in [5.41, 5.74) is 1.78. The highest BCUT2D eigenvalue weighted by atomic mass is 32.1. The van der Waals surface area contributed by atoms with Gasteiger partial charge in [-0.2, -0.15) is 0 Å². The van der Waals surface area contributed by atoms with Gasteiger partial charge >= 0.3 is 0 Å². The quantitative estimate of drug-likeness (QED) is 0.667. The van der Waals surface area contributed by atoms with Gasteiger partial charge in [0.25, 0.3) is 5.91 Å². The van der Waals surface area contributed by atoms with Gasteiger partial charge in [-0.3, -0.25) is 14.9 Å². The van der Waals surface area contributed by atoms with E-state index < -0.39 is 0 Å². The van der Waals surface area contributed by atoms with Crippen LogP contribution in [0, 0.1) is 5.92 Å². The van der Waals surface area contributed by atoms with Crippen molar-refractivity contribution in [2.24, 2.45) is 5.92 Å². The molecule has 3 heterocycles. The van der Waals surface area contributed by atoms with Crippen LogP contribution in [0.3, 0.4) is 0 Å². The second-order valence-electron chi connectivity index (χ2n) is 6.55. The highest BCUT2D eigenvalue weighted by molar-refractivity contribution is 7.14. The number of hydrogen-bond acceptors (Lipinski definition) is 6. The van der Waals surface area contributed by atoms with Crippen LogP contribution in [0.5, 0.6) is 5.75 Å². The van der Waals surface area contributed by atoms with Gasteiger partial charge in [-0.25, -0.2) is 4.98 Å². The van der Waals surface area contributed by atoms with Gasteiger partial charge in [0, 0.05) is 17.8 Å². The number of para-hydroxylation sites is 1. The third-order valence-electron chi connectivity index (χ3n) is 4.40. The Morgan fingerprint density at radius 3 is 2.96 bits per heavy atom. The molecular weight excluding hydrogens is 378 g/mol. The Kier molecular flexibility index (Phi) is 5.38. The predicted octanol–water partition coefficient (Wildman–Crippen LogP) is 2.90. The SMILES string of the molecule is O=C(Cc1csc(NC(=O)c2ccco2)n1)NCC1COc2ccccc2C1. The minimum atomic E-state index is -0.368. The van der Waals surface area contributed by atoms with Crippen molar-refractivity contribution in [3.05, 3.63) is 65.1 Å². The number of amides is 2. The van der Waals surface area contributed by atoms with Crippen LogP contribution in [-0.4, -0.2) is 29.9 Å². The average Bonchev–Trinajstić information content (AvgIpc) is 3.38. The molecule has 2 amide bonds. The molecule has 0 bridgehead atoms. The minimum absolute atomic E-state index is 0.104. The van der Waals surface area contributed by atoms with Crippen molar-refractivity contribution in [1.82, 2.24) is 10.3 Å². The molecule has 2 N–H and O–H groups in total. The largest absolute Gasteiger partial charge is 0.493 e. The summed E-state index contributed by atoms with van der Waals surface area (Å²) in [6.07, 6.45) is 2.48. The molecule has 0 saturated heterocycles. The predicted molar refractivity (Wildman–Crippen MR) is 105 cm³/mol. The lowest BCUT2D eigenvalue weighted by molar-refractivity contribution is -0.120. The Bertz CT molecular complexity index is 968. The smallest absolute Gasteiger partial charge is 0.293 e. The first-order valence-electron chi connectivity index (χ1n) is 8.94. The van der Waals surface area contributed by atoms with Crippen molar-refractivity contribution in [2.75, 3.05) is 18.5 Å². The van der Waals surface area contributed by atoms with Crippen LogP contribution in [0.15, 0.2) is 52.5 Å². The number of anilines is 1. The zero-order chi connectivity index (χ0) is 19.3. The van der Waals surface area contributed by atoms with E-state index in [1.54, 1.807) is 17.5 Å². The molecule has 0 aliphatic carbocycles. The van der Waals surface area contributed by atoms with Crippen LogP contribution in [0.25, 0.3) is 0 Å². The standard InChI is InChI=1S/C20H19N3O4S/c24-18(21-10-13-8-14-4-1-2-5-16(14)27-11-13)9-15-12-28-20(22-15)23-19(25)17-6-3-7-26-17/h1-7,12-13H,8-11H2,(H,21,24)(H,22,23,25). The number of rotatable bonds is 6. The number of furan rings is 1. The first-order chi connectivity index (χ1) is 13.7. The maximum atomic E-state index is 12.2. The second kappa shape index (κ2) is 8.26. The molecule has 28 heavy (non-hydrogen) atoms. The van der Waals surface area contributed by atoms with Gasteiger partial charge < -0.3 is 14.5 Å². The van der Waals surface area contributed by atoms with Crippen molar-refractivity contribution < 1.29 is 18.7 Å². The highest BCUT2D eigenvalue weighted by Gasteiger charge is 2.20. The van der Waals surface area contributed by atoms with Gasteiger partial charge in [0.05, 0.1) is 25.0 Å². The average molecular weight is 397 g/mol. The molecule has 0 radical (unpaired) electrons. The van der Waals surface area contributed by atoms with E-state index in [2.05, 4.69) is 21.7 Å². The molecule has 1 aliphatic rings. The lowest BCUT2D eigenvalue weighted by atomic mass is 9.97. The summed E-state index contributed by atoms with van der Waals surface area (Å²) in [7, 11) is 0. The molecule has 0 fully saturated rings.